The van der Waals surface area contributed by atoms with Crippen molar-refractivity contribution >= 4 is 29.1 Å². The van der Waals surface area contributed by atoms with Crippen LogP contribution in [0.15, 0.2) is 29.4 Å². The molecule has 3 N–H and O–H groups in total. The van der Waals surface area contributed by atoms with E-state index >= 15 is 0 Å². The monoisotopic (exact) mass is 260 g/mol. The molecule has 0 amide bonds. The Morgan fingerprint density at radius 2 is 1.89 bits per heavy atom. The van der Waals surface area contributed by atoms with E-state index in [0.29, 0.717) is 11.0 Å². The lowest BCUT2D eigenvalue weighted by atomic mass is 10.1. The first kappa shape index (κ1) is 12.7. The topological polar surface area (TPSA) is 63.8 Å². The van der Waals surface area contributed by atoms with Gasteiger partial charge in [-0.2, -0.15) is 0 Å². The normalized spacial score (nSPS) is 10.4. The lowest BCUT2D eigenvalue weighted by Gasteiger charge is -2.09. The molecule has 0 atom stereocenters. The van der Waals surface area contributed by atoms with Crippen LogP contribution in [-0.2, 0) is 0 Å². The fourth-order valence-electron chi connectivity index (χ4n) is 1.57. The van der Waals surface area contributed by atoms with Gasteiger partial charge >= 0.3 is 0 Å². The van der Waals surface area contributed by atoms with Crippen LogP contribution in [0.5, 0.6) is 0 Å². The maximum atomic E-state index is 5.74. The predicted molar refractivity (Wildman–Crippen MR) is 77.4 cm³/mol. The van der Waals surface area contributed by atoms with Crippen LogP contribution < -0.4 is 11.1 Å². The van der Waals surface area contributed by atoms with Gasteiger partial charge in [0.2, 0.25) is 0 Å². The number of benzene rings is 1. The molecule has 0 saturated carbocycles. The minimum atomic E-state index is 0.473. The number of thioether (sulfide) groups is 1. The summed E-state index contributed by atoms with van der Waals surface area (Å²) in [5.74, 6) is 1.19. The molecule has 18 heavy (non-hydrogen) atoms. The Hall–Kier alpha value is -1.75. The molecule has 1 heterocycles. The third-order valence-corrected chi connectivity index (χ3v) is 3.24. The van der Waals surface area contributed by atoms with Crippen molar-refractivity contribution in [1.29, 1.82) is 0 Å². The van der Waals surface area contributed by atoms with E-state index in [9.17, 15) is 0 Å². The van der Waals surface area contributed by atoms with Crippen LogP contribution in [0.2, 0.25) is 0 Å². The first-order valence-corrected chi connectivity index (χ1v) is 6.84. The molecule has 5 heteroatoms. The molecule has 0 radical (unpaired) electrons. The van der Waals surface area contributed by atoms with Gasteiger partial charge in [0.15, 0.2) is 5.16 Å². The summed E-state index contributed by atoms with van der Waals surface area (Å²) >= 11 is 1.47. The first-order valence-electron chi connectivity index (χ1n) is 5.61. The standard InChI is InChI=1S/C13H16N4S/c1-8-4-5-10(6-9(8)2)15-12-7-11(14)16-13(17-12)18-3/h4-7H,1-3H3,(H3,14,15,16,17). The zero-order valence-corrected chi connectivity index (χ0v) is 11.5. The number of anilines is 3. The van der Waals surface area contributed by atoms with E-state index in [1.165, 1.54) is 22.9 Å². The molecule has 0 spiro atoms. The second-order valence-corrected chi connectivity index (χ2v) is 4.86. The molecule has 0 bridgehead atoms. The van der Waals surface area contributed by atoms with Gasteiger partial charge in [0, 0.05) is 11.8 Å². The van der Waals surface area contributed by atoms with Gasteiger partial charge in [0.25, 0.3) is 0 Å². The number of rotatable bonds is 3. The Kier molecular flexibility index (Phi) is 3.72. The Bertz CT molecular complexity index is 569. The number of nitrogens with zero attached hydrogens (tertiary/aromatic N) is 2. The summed E-state index contributed by atoms with van der Waals surface area (Å²) in [5.41, 5.74) is 9.25. The molecule has 2 aromatic rings. The average molecular weight is 260 g/mol. The van der Waals surface area contributed by atoms with Crippen molar-refractivity contribution in [2.45, 2.75) is 19.0 Å². The molecule has 0 aliphatic rings. The van der Waals surface area contributed by atoms with Gasteiger partial charge in [-0.25, -0.2) is 9.97 Å². The molecule has 0 aliphatic carbocycles. The quantitative estimate of drug-likeness (QED) is 0.655. The minimum Gasteiger partial charge on any atom is -0.383 e. The van der Waals surface area contributed by atoms with Gasteiger partial charge in [-0.1, -0.05) is 17.8 Å². The maximum absolute atomic E-state index is 5.74. The highest BCUT2D eigenvalue weighted by Gasteiger charge is 2.03. The van der Waals surface area contributed by atoms with Crippen molar-refractivity contribution in [3.05, 3.63) is 35.4 Å². The van der Waals surface area contributed by atoms with Crippen molar-refractivity contribution in [1.82, 2.24) is 9.97 Å². The second kappa shape index (κ2) is 5.27. The van der Waals surface area contributed by atoms with Gasteiger partial charge in [-0.15, -0.1) is 0 Å². The van der Waals surface area contributed by atoms with Crippen LogP contribution >= 0.6 is 11.8 Å². The number of hydrogen-bond donors (Lipinski definition) is 2. The van der Waals surface area contributed by atoms with Crippen molar-refractivity contribution in [2.75, 3.05) is 17.3 Å². The summed E-state index contributed by atoms with van der Waals surface area (Å²) in [6.07, 6.45) is 1.93. The summed E-state index contributed by atoms with van der Waals surface area (Å²) in [4.78, 5) is 8.48. The van der Waals surface area contributed by atoms with E-state index in [1.807, 2.05) is 12.3 Å². The Morgan fingerprint density at radius 3 is 2.56 bits per heavy atom. The fourth-order valence-corrected chi connectivity index (χ4v) is 1.95. The van der Waals surface area contributed by atoms with Crippen molar-refractivity contribution in [3.8, 4) is 0 Å². The van der Waals surface area contributed by atoms with Gasteiger partial charge in [-0.05, 0) is 43.4 Å². The molecule has 2 rings (SSSR count). The zero-order chi connectivity index (χ0) is 13.1. The van der Waals surface area contributed by atoms with E-state index in [-0.39, 0.29) is 0 Å². The van der Waals surface area contributed by atoms with Crippen molar-refractivity contribution in [2.24, 2.45) is 0 Å². The molecule has 1 aromatic heterocycles. The molecule has 0 fully saturated rings. The summed E-state index contributed by atoms with van der Waals surface area (Å²) in [5, 5.41) is 3.91. The number of nitrogens with one attached hydrogen (secondary N) is 1. The second-order valence-electron chi connectivity index (χ2n) is 4.09. The van der Waals surface area contributed by atoms with E-state index in [2.05, 4.69) is 41.3 Å². The predicted octanol–water partition coefficient (Wildman–Crippen LogP) is 3.14. The van der Waals surface area contributed by atoms with Gasteiger partial charge in [-0.3, -0.25) is 0 Å². The molecule has 1 aromatic carbocycles. The molecule has 4 nitrogen and oxygen atoms in total. The van der Waals surface area contributed by atoms with Crippen LogP contribution in [0.3, 0.4) is 0 Å². The summed E-state index contributed by atoms with van der Waals surface area (Å²) < 4.78 is 0. The number of aryl methyl sites for hydroxylation is 2. The van der Waals surface area contributed by atoms with Gasteiger partial charge < -0.3 is 11.1 Å². The zero-order valence-electron chi connectivity index (χ0n) is 10.7. The molecular formula is C13H16N4S. The summed E-state index contributed by atoms with van der Waals surface area (Å²) in [6, 6.07) is 7.93. The molecular weight excluding hydrogens is 244 g/mol. The largest absolute Gasteiger partial charge is 0.383 e. The number of nitrogen functional groups attached to an aromatic ring is 1. The van der Waals surface area contributed by atoms with E-state index in [0.717, 1.165) is 11.5 Å². The maximum Gasteiger partial charge on any atom is 0.191 e. The molecule has 0 aliphatic heterocycles. The van der Waals surface area contributed by atoms with E-state index in [1.54, 1.807) is 6.07 Å². The van der Waals surface area contributed by atoms with Crippen LogP contribution in [0.4, 0.5) is 17.3 Å². The third kappa shape index (κ3) is 2.92. The Labute approximate surface area is 111 Å². The SMILES string of the molecule is CSc1nc(N)cc(Nc2ccc(C)c(C)c2)n1. The Balaban J connectivity index is 2.27. The number of nitrogens with two attached hydrogens (primary N) is 1. The third-order valence-electron chi connectivity index (χ3n) is 2.69. The Morgan fingerprint density at radius 1 is 1.11 bits per heavy atom. The van der Waals surface area contributed by atoms with E-state index < -0.39 is 0 Å². The van der Waals surface area contributed by atoms with Crippen LogP contribution in [0, 0.1) is 13.8 Å². The van der Waals surface area contributed by atoms with Crippen LogP contribution in [0.1, 0.15) is 11.1 Å². The number of aromatic nitrogens is 2. The molecule has 0 saturated heterocycles. The highest BCUT2D eigenvalue weighted by atomic mass is 32.2. The lowest BCUT2D eigenvalue weighted by molar-refractivity contribution is 0.984. The smallest absolute Gasteiger partial charge is 0.191 e. The van der Waals surface area contributed by atoms with Crippen molar-refractivity contribution in [3.63, 3.8) is 0 Å². The molecule has 0 unspecified atom stereocenters. The van der Waals surface area contributed by atoms with Crippen molar-refractivity contribution < 1.29 is 0 Å². The minimum absolute atomic E-state index is 0.473. The fraction of sp³-hybridized carbons (Fsp3) is 0.231. The summed E-state index contributed by atoms with van der Waals surface area (Å²) in [7, 11) is 0. The van der Waals surface area contributed by atoms with Crippen LogP contribution in [0.25, 0.3) is 0 Å². The lowest BCUT2D eigenvalue weighted by Crippen LogP contribution is -2.00. The van der Waals surface area contributed by atoms with Gasteiger partial charge in [0.05, 0.1) is 0 Å². The number of hydrogen-bond acceptors (Lipinski definition) is 5. The molecule has 94 valence electrons. The van der Waals surface area contributed by atoms with Gasteiger partial charge in [0.1, 0.15) is 11.6 Å². The van der Waals surface area contributed by atoms with E-state index in [4.69, 9.17) is 5.73 Å². The van der Waals surface area contributed by atoms with Crippen LogP contribution in [-0.4, -0.2) is 16.2 Å². The highest BCUT2D eigenvalue weighted by molar-refractivity contribution is 7.98. The summed E-state index contributed by atoms with van der Waals surface area (Å²) in [6.45, 7) is 4.18. The highest BCUT2D eigenvalue weighted by Crippen LogP contribution is 2.21. The first-order chi connectivity index (χ1) is 8.58. The average Bonchev–Trinajstić information content (AvgIpc) is 2.33.